The Morgan fingerprint density at radius 2 is 2.12 bits per heavy atom. The quantitative estimate of drug-likeness (QED) is 0.809. The Hall–Kier alpha value is -0.900. The molecule has 3 heteroatoms. The lowest BCUT2D eigenvalue weighted by atomic mass is 10.1. The van der Waals surface area contributed by atoms with E-state index in [-0.39, 0.29) is 0 Å². The molecule has 0 amide bonds. The van der Waals surface area contributed by atoms with Crippen LogP contribution < -0.4 is 0 Å². The fourth-order valence-corrected chi connectivity index (χ4v) is 3.42. The van der Waals surface area contributed by atoms with E-state index in [1.165, 1.54) is 21.2 Å². The van der Waals surface area contributed by atoms with Crippen LogP contribution in [0.15, 0.2) is 23.6 Å². The average molecular weight is 247 g/mol. The Kier molecular flexibility index (Phi) is 3.14. The number of benzene rings is 1. The highest BCUT2D eigenvalue weighted by atomic mass is 32.1. The summed E-state index contributed by atoms with van der Waals surface area (Å²) >= 11 is 1.87. The van der Waals surface area contributed by atoms with Crippen LogP contribution in [0.25, 0.3) is 10.1 Å². The molecule has 2 heterocycles. The summed E-state index contributed by atoms with van der Waals surface area (Å²) in [5.74, 6) is 0. The van der Waals surface area contributed by atoms with Gasteiger partial charge in [-0.15, -0.1) is 11.3 Å². The van der Waals surface area contributed by atoms with E-state index in [0.29, 0.717) is 0 Å². The number of morpholine rings is 1. The van der Waals surface area contributed by atoms with Gasteiger partial charge in [0.25, 0.3) is 0 Å². The fraction of sp³-hybridized carbons (Fsp3) is 0.429. The van der Waals surface area contributed by atoms with E-state index in [4.69, 9.17) is 4.74 Å². The smallest absolute Gasteiger partial charge is 0.0594 e. The van der Waals surface area contributed by atoms with Crippen molar-refractivity contribution in [3.8, 4) is 0 Å². The zero-order valence-electron chi connectivity index (χ0n) is 10.1. The van der Waals surface area contributed by atoms with Gasteiger partial charge < -0.3 is 4.74 Å². The molecular formula is C14H17NOS. The molecule has 0 bridgehead atoms. The van der Waals surface area contributed by atoms with Crippen LogP contribution in [0.2, 0.25) is 0 Å². The van der Waals surface area contributed by atoms with Crippen LogP contribution in [0.4, 0.5) is 0 Å². The predicted octanol–water partition coefficient (Wildman–Crippen LogP) is 3.04. The van der Waals surface area contributed by atoms with Gasteiger partial charge in [-0.05, 0) is 28.8 Å². The highest BCUT2D eigenvalue weighted by molar-refractivity contribution is 7.17. The van der Waals surface area contributed by atoms with E-state index in [1.54, 1.807) is 0 Å². The van der Waals surface area contributed by atoms with Gasteiger partial charge >= 0.3 is 0 Å². The number of rotatable bonds is 2. The van der Waals surface area contributed by atoms with Gasteiger partial charge in [0.15, 0.2) is 0 Å². The van der Waals surface area contributed by atoms with Crippen LogP contribution in [0.3, 0.4) is 0 Å². The van der Waals surface area contributed by atoms with Crippen LogP contribution in [0, 0.1) is 6.92 Å². The summed E-state index contributed by atoms with van der Waals surface area (Å²) in [5, 5.41) is 3.74. The van der Waals surface area contributed by atoms with Crippen LogP contribution in [-0.2, 0) is 11.3 Å². The Morgan fingerprint density at radius 1 is 1.29 bits per heavy atom. The van der Waals surface area contributed by atoms with Crippen molar-refractivity contribution in [2.45, 2.75) is 13.5 Å². The van der Waals surface area contributed by atoms with Gasteiger partial charge in [0.05, 0.1) is 13.2 Å². The molecule has 1 aromatic heterocycles. The van der Waals surface area contributed by atoms with E-state index in [2.05, 4.69) is 35.4 Å². The molecule has 1 fully saturated rings. The molecule has 1 aromatic carbocycles. The molecule has 1 aliphatic heterocycles. The lowest BCUT2D eigenvalue weighted by molar-refractivity contribution is 0.0344. The van der Waals surface area contributed by atoms with Gasteiger partial charge in [-0.2, -0.15) is 0 Å². The molecule has 90 valence electrons. The van der Waals surface area contributed by atoms with Gasteiger partial charge in [0.2, 0.25) is 0 Å². The number of aryl methyl sites for hydroxylation is 1. The Bertz CT molecular complexity index is 514. The van der Waals surface area contributed by atoms with Gasteiger partial charge in [-0.3, -0.25) is 4.90 Å². The predicted molar refractivity (Wildman–Crippen MR) is 72.7 cm³/mol. The molecule has 3 rings (SSSR count). The van der Waals surface area contributed by atoms with Crippen LogP contribution in [-0.4, -0.2) is 31.2 Å². The summed E-state index contributed by atoms with van der Waals surface area (Å²) in [7, 11) is 0. The first-order valence-electron chi connectivity index (χ1n) is 6.10. The summed E-state index contributed by atoms with van der Waals surface area (Å²) in [6, 6.07) is 6.60. The largest absolute Gasteiger partial charge is 0.379 e. The van der Waals surface area contributed by atoms with Crippen molar-refractivity contribution in [1.82, 2.24) is 4.90 Å². The van der Waals surface area contributed by atoms with Gasteiger partial charge in [0, 0.05) is 24.3 Å². The zero-order valence-corrected chi connectivity index (χ0v) is 10.9. The lowest BCUT2D eigenvalue weighted by Gasteiger charge is -2.26. The molecule has 0 atom stereocenters. The van der Waals surface area contributed by atoms with Crippen LogP contribution >= 0.6 is 11.3 Å². The maximum atomic E-state index is 5.39. The lowest BCUT2D eigenvalue weighted by Crippen LogP contribution is -2.35. The Morgan fingerprint density at radius 3 is 2.94 bits per heavy atom. The summed E-state index contributed by atoms with van der Waals surface area (Å²) in [6.45, 7) is 7.12. The topological polar surface area (TPSA) is 12.5 Å². The maximum Gasteiger partial charge on any atom is 0.0594 e. The number of hydrogen-bond donors (Lipinski definition) is 0. The standard InChI is InChI=1S/C14H17NOS/c1-11-3-2-4-13-12(10-17-14(11)13)9-15-5-7-16-8-6-15/h2-4,10H,5-9H2,1H3. The van der Waals surface area contributed by atoms with Crippen molar-refractivity contribution in [3.63, 3.8) is 0 Å². The monoisotopic (exact) mass is 247 g/mol. The number of fused-ring (bicyclic) bond motifs is 1. The molecule has 2 nitrogen and oxygen atoms in total. The first kappa shape index (κ1) is 11.2. The maximum absolute atomic E-state index is 5.39. The molecule has 0 radical (unpaired) electrons. The van der Waals surface area contributed by atoms with E-state index in [9.17, 15) is 0 Å². The molecule has 0 spiro atoms. The number of nitrogens with zero attached hydrogens (tertiary/aromatic N) is 1. The van der Waals surface area contributed by atoms with E-state index in [1.807, 2.05) is 11.3 Å². The third-order valence-corrected chi connectivity index (χ3v) is 4.55. The zero-order chi connectivity index (χ0) is 11.7. The second kappa shape index (κ2) is 4.77. The van der Waals surface area contributed by atoms with Crippen molar-refractivity contribution in [2.24, 2.45) is 0 Å². The van der Waals surface area contributed by atoms with E-state index < -0.39 is 0 Å². The highest BCUT2D eigenvalue weighted by Gasteiger charge is 2.13. The normalized spacial score (nSPS) is 17.7. The second-order valence-corrected chi connectivity index (χ2v) is 5.48. The van der Waals surface area contributed by atoms with Crippen molar-refractivity contribution in [3.05, 3.63) is 34.7 Å². The van der Waals surface area contributed by atoms with E-state index >= 15 is 0 Å². The molecular weight excluding hydrogens is 230 g/mol. The number of thiophene rings is 1. The Balaban J connectivity index is 1.87. The van der Waals surface area contributed by atoms with Crippen molar-refractivity contribution in [1.29, 1.82) is 0 Å². The summed E-state index contributed by atoms with van der Waals surface area (Å²) < 4.78 is 6.83. The van der Waals surface area contributed by atoms with E-state index in [0.717, 1.165) is 32.8 Å². The molecule has 1 aliphatic rings. The number of hydrogen-bond acceptors (Lipinski definition) is 3. The van der Waals surface area contributed by atoms with Gasteiger partial charge in [0.1, 0.15) is 0 Å². The van der Waals surface area contributed by atoms with Crippen LogP contribution in [0.1, 0.15) is 11.1 Å². The van der Waals surface area contributed by atoms with Crippen molar-refractivity contribution < 1.29 is 4.74 Å². The minimum absolute atomic E-state index is 0.876. The second-order valence-electron chi connectivity index (χ2n) is 4.60. The van der Waals surface area contributed by atoms with Crippen molar-refractivity contribution >= 4 is 21.4 Å². The molecule has 1 saturated heterocycles. The first-order chi connectivity index (χ1) is 8.34. The molecule has 0 aliphatic carbocycles. The van der Waals surface area contributed by atoms with Gasteiger partial charge in [-0.25, -0.2) is 0 Å². The molecule has 0 N–H and O–H groups in total. The Labute approximate surface area is 106 Å². The minimum Gasteiger partial charge on any atom is -0.379 e. The summed E-state index contributed by atoms with van der Waals surface area (Å²) in [6.07, 6.45) is 0. The average Bonchev–Trinajstić information content (AvgIpc) is 2.76. The molecule has 0 unspecified atom stereocenters. The summed E-state index contributed by atoms with van der Waals surface area (Å²) in [5.41, 5.74) is 2.86. The minimum atomic E-state index is 0.876. The molecule has 0 saturated carbocycles. The van der Waals surface area contributed by atoms with Crippen molar-refractivity contribution in [2.75, 3.05) is 26.3 Å². The van der Waals surface area contributed by atoms with Gasteiger partial charge in [-0.1, -0.05) is 18.2 Å². The molecule has 17 heavy (non-hydrogen) atoms. The third-order valence-electron chi connectivity index (χ3n) is 3.37. The summed E-state index contributed by atoms with van der Waals surface area (Å²) in [4.78, 5) is 2.48. The molecule has 2 aromatic rings. The highest BCUT2D eigenvalue weighted by Crippen LogP contribution is 2.29. The fourth-order valence-electron chi connectivity index (χ4n) is 2.38. The third kappa shape index (κ3) is 2.23. The SMILES string of the molecule is Cc1cccc2c(CN3CCOCC3)csc12. The number of ether oxygens (including phenoxy) is 1. The first-order valence-corrected chi connectivity index (χ1v) is 6.98. The van der Waals surface area contributed by atoms with Crippen LogP contribution in [0.5, 0.6) is 0 Å².